The fraction of sp³-hybridized carbons (Fsp3) is 0.278. The van der Waals surface area contributed by atoms with Crippen LogP contribution < -0.4 is 20.7 Å². The Hall–Kier alpha value is -3.56. The van der Waals surface area contributed by atoms with Gasteiger partial charge in [-0.25, -0.2) is 4.39 Å². The largest absolute Gasteiger partial charge is 0.496 e. The molecule has 0 unspecified atom stereocenters. The average molecular weight is 387 g/mol. The molecular weight excluding hydrogens is 369 g/mol. The van der Waals surface area contributed by atoms with Crippen LogP contribution in [0.25, 0.3) is 0 Å². The maximum atomic E-state index is 14.2. The first-order valence-corrected chi connectivity index (χ1v) is 8.49. The quantitative estimate of drug-likeness (QED) is 0.692. The van der Waals surface area contributed by atoms with Crippen LogP contribution in [-0.2, 0) is 4.79 Å². The number of ether oxygens (including phenoxy) is 1. The van der Waals surface area contributed by atoms with E-state index in [2.05, 4.69) is 26.1 Å². The molecule has 1 fully saturated rings. The molecule has 0 radical (unpaired) electrons. The summed E-state index contributed by atoms with van der Waals surface area (Å²) in [5, 5.41) is 15.0. The highest BCUT2D eigenvalue weighted by Crippen LogP contribution is 2.30. The van der Waals surface area contributed by atoms with Crippen molar-refractivity contribution in [3.63, 3.8) is 0 Å². The van der Waals surface area contributed by atoms with Crippen LogP contribution >= 0.6 is 0 Å². The predicted octanol–water partition coefficient (Wildman–Crippen LogP) is 1.58. The minimum absolute atomic E-state index is 0.0308. The molecule has 1 aromatic heterocycles. The van der Waals surface area contributed by atoms with Crippen LogP contribution in [0.1, 0.15) is 33.7 Å². The van der Waals surface area contributed by atoms with Gasteiger partial charge in [0, 0.05) is 19.0 Å². The third-order valence-electron chi connectivity index (χ3n) is 4.11. The van der Waals surface area contributed by atoms with Crippen molar-refractivity contribution in [1.29, 1.82) is 0 Å². The number of halogens is 1. The number of methoxy groups -OCH3 is 1. The highest BCUT2D eigenvalue weighted by atomic mass is 19.1. The highest BCUT2D eigenvalue weighted by molar-refractivity contribution is 6.10. The third-order valence-corrected chi connectivity index (χ3v) is 4.11. The van der Waals surface area contributed by atoms with Gasteiger partial charge in [-0.2, -0.15) is 0 Å². The number of aromatic nitrogens is 2. The number of benzene rings is 1. The number of anilines is 2. The lowest BCUT2D eigenvalue weighted by atomic mass is 10.1. The van der Waals surface area contributed by atoms with E-state index in [1.54, 1.807) is 0 Å². The topological polar surface area (TPSA) is 122 Å². The van der Waals surface area contributed by atoms with E-state index >= 15 is 0 Å². The lowest BCUT2D eigenvalue weighted by Crippen LogP contribution is -2.25. The van der Waals surface area contributed by atoms with Gasteiger partial charge in [-0.1, -0.05) is 6.07 Å². The third kappa shape index (κ3) is 4.05. The zero-order valence-corrected chi connectivity index (χ0v) is 15.2. The van der Waals surface area contributed by atoms with Crippen molar-refractivity contribution < 1.29 is 23.5 Å². The van der Waals surface area contributed by atoms with Gasteiger partial charge in [-0.3, -0.25) is 14.4 Å². The van der Waals surface area contributed by atoms with E-state index in [0.717, 1.165) is 18.9 Å². The highest BCUT2D eigenvalue weighted by Gasteiger charge is 2.30. The van der Waals surface area contributed by atoms with Crippen LogP contribution in [0.5, 0.6) is 5.75 Å². The normalized spacial score (nSPS) is 12.8. The van der Waals surface area contributed by atoms with Gasteiger partial charge in [-0.15, -0.1) is 10.2 Å². The summed E-state index contributed by atoms with van der Waals surface area (Å²) >= 11 is 0. The molecule has 3 amide bonds. The summed E-state index contributed by atoms with van der Waals surface area (Å²) in [4.78, 5) is 36.6. The minimum atomic E-state index is -0.840. The molecule has 0 spiro atoms. The number of carbonyl (C=O) groups excluding carboxylic acids is 3. The van der Waals surface area contributed by atoms with Crippen LogP contribution in [-0.4, -0.2) is 42.1 Å². The van der Waals surface area contributed by atoms with Gasteiger partial charge >= 0.3 is 0 Å². The number of rotatable bonds is 6. The van der Waals surface area contributed by atoms with E-state index < -0.39 is 17.6 Å². The first-order valence-electron chi connectivity index (χ1n) is 8.49. The Morgan fingerprint density at radius 1 is 1.14 bits per heavy atom. The molecule has 3 N–H and O–H groups in total. The van der Waals surface area contributed by atoms with Crippen molar-refractivity contribution in [3.05, 3.63) is 41.3 Å². The second kappa shape index (κ2) is 7.99. The summed E-state index contributed by atoms with van der Waals surface area (Å²) in [6.45, 7) is 0. The van der Waals surface area contributed by atoms with Gasteiger partial charge in [0.25, 0.3) is 11.8 Å². The van der Waals surface area contributed by atoms with Gasteiger partial charge in [0.05, 0.1) is 12.8 Å². The molecule has 28 heavy (non-hydrogen) atoms. The Morgan fingerprint density at radius 3 is 2.54 bits per heavy atom. The Kier molecular flexibility index (Phi) is 5.48. The molecular formula is C18H18FN5O4. The van der Waals surface area contributed by atoms with E-state index in [1.807, 2.05) is 0 Å². The summed E-state index contributed by atoms with van der Waals surface area (Å²) in [5.41, 5.74) is -0.542. The molecule has 1 heterocycles. The molecule has 9 nitrogen and oxygen atoms in total. The lowest BCUT2D eigenvalue weighted by molar-refractivity contribution is -0.117. The van der Waals surface area contributed by atoms with Gasteiger partial charge < -0.3 is 20.7 Å². The number of nitrogens with zero attached hydrogens (tertiary/aromatic N) is 2. The number of carbonyl (C=O) groups is 3. The van der Waals surface area contributed by atoms with Crippen LogP contribution in [0, 0.1) is 11.7 Å². The molecule has 0 saturated heterocycles. The number of hydrogen-bond acceptors (Lipinski definition) is 6. The fourth-order valence-electron chi connectivity index (χ4n) is 2.49. The Bertz CT molecular complexity index is 946. The fourth-order valence-corrected chi connectivity index (χ4v) is 2.49. The number of nitrogens with one attached hydrogen (secondary N) is 3. The molecule has 146 valence electrons. The molecule has 1 aliphatic rings. The smallest absolute Gasteiger partial charge is 0.273 e. The summed E-state index contributed by atoms with van der Waals surface area (Å²) in [5.74, 6) is -2.42. The maximum absolute atomic E-state index is 14.2. The number of amides is 3. The molecule has 10 heteroatoms. The van der Waals surface area contributed by atoms with Gasteiger partial charge in [-0.05, 0) is 25.0 Å². The van der Waals surface area contributed by atoms with Gasteiger partial charge in [0.15, 0.2) is 11.5 Å². The van der Waals surface area contributed by atoms with Crippen LogP contribution in [0.3, 0.4) is 0 Å². The summed E-state index contributed by atoms with van der Waals surface area (Å²) < 4.78 is 19.2. The Balaban J connectivity index is 1.93. The molecule has 0 bridgehead atoms. The van der Waals surface area contributed by atoms with Crippen molar-refractivity contribution in [2.45, 2.75) is 12.8 Å². The zero-order valence-electron chi connectivity index (χ0n) is 15.2. The molecule has 1 saturated carbocycles. The van der Waals surface area contributed by atoms with Gasteiger partial charge in [0.1, 0.15) is 17.1 Å². The zero-order chi connectivity index (χ0) is 20.3. The van der Waals surface area contributed by atoms with Crippen molar-refractivity contribution in [2.24, 2.45) is 5.92 Å². The second-order valence-corrected chi connectivity index (χ2v) is 6.11. The monoisotopic (exact) mass is 387 g/mol. The van der Waals surface area contributed by atoms with Crippen molar-refractivity contribution in [3.8, 4) is 5.75 Å². The van der Waals surface area contributed by atoms with E-state index in [4.69, 9.17) is 4.74 Å². The van der Waals surface area contributed by atoms with Crippen LogP contribution in [0.4, 0.5) is 15.9 Å². The summed E-state index contributed by atoms with van der Waals surface area (Å²) in [6.07, 6.45) is 1.60. The van der Waals surface area contributed by atoms with Crippen LogP contribution in [0.15, 0.2) is 24.3 Å². The van der Waals surface area contributed by atoms with Gasteiger partial charge in [0.2, 0.25) is 5.91 Å². The summed E-state index contributed by atoms with van der Waals surface area (Å²) in [6, 6.07) is 5.25. The van der Waals surface area contributed by atoms with E-state index in [1.165, 1.54) is 32.4 Å². The van der Waals surface area contributed by atoms with Crippen molar-refractivity contribution in [2.75, 3.05) is 24.8 Å². The molecule has 1 aromatic carbocycles. The molecule has 2 aromatic rings. The standard InChI is InChI=1S/C18H18FN5O4/c1-20-18(27)15-11(8-13(23-24-15)22-16(25)9-6-7-9)21-17(26)14-10(19)4-3-5-12(14)28-2/h3-5,8-9H,6-7H2,1-2H3,(H,20,27)(H2,21,22,23,25,26). The first-order chi connectivity index (χ1) is 13.4. The SMILES string of the molecule is CNC(=O)c1nnc(NC(=O)C2CC2)cc1NC(=O)c1c(F)cccc1OC. The lowest BCUT2D eigenvalue weighted by Gasteiger charge is -2.13. The maximum Gasteiger partial charge on any atom is 0.273 e. The Labute approximate surface area is 159 Å². The minimum Gasteiger partial charge on any atom is -0.496 e. The molecule has 3 rings (SSSR count). The van der Waals surface area contributed by atoms with E-state index in [-0.39, 0.29) is 40.3 Å². The molecule has 1 aliphatic carbocycles. The second-order valence-electron chi connectivity index (χ2n) is 6.11. The molecule has 0 atom stereocenters. The van der Waals surface area contributed by atoms with E-state index in [9.17, 15) is 18.8 Å². The Morgan fingerprint density at radius 2 is 1.89 bits per heavy atom. The van der Waals surface area contributed by atoms with E-state index in [0.29, 0.717) is 0 Å². The average Bonchev–Trinajstić information content (AvgIpc) is 3.52. The first kappa shape index (κ1) is 19.2. The predicted molar refractivity (Wildman–Crippen MR) is 97.7 cm³/mol. The number of hydrogen-bond donors (Lipinski definition) is 3. The van der Waals surface area contributed by atoms with Crippen molar-refractivity contribution >= 4 is 29.2 Å². The summed E-state index contributed by atoms with van der Waals surface area (Å²) in [7, 11) is 2.69. The molecule has 0 aliphatic heterocycles. The van der Waals surface area contributed by atoms with Crippen LogP contribution in [0.2, 0.25) is 0 Å². The van der Waals surface area contributed by atoms with Crippen molar-refractivity contribution in [1.82, 2.24) is 15.5 Å².